The number of allylic oxidation sites excluding steroid dienone is 1. The van der Waals surface area contributed by atoms with E-state index in [2.05, 4.69) is 70.9 Å². The molecular weight excluding hydrogens is 488 g/mol. The molecule has 0 aliphatic carbocycles. The van der Waals surface area contributed by atoms with Crippen LogP contribution in [0.2, 0.25) is 0 Å². The lowest BCUT2D eigenvalue weighted by Crippen LogP contribution is -2.25. The van der Waals surface area contributed by atoms with E-state index >= 15 is 0 Å². The van der Waals surface area contributed by atoms with Gasteiger partial charge in [0.2, 0.25) is 5.70 Å². The molecule has 1 aliphatic heterocycles. The topological polar surface area (TPSA) is 45.0 Å². The molecule has 0 amide bonds. The zero-order chi connectivity index (χ0) is 27.5. The summed E-state index contributed by atoms with van der Waals surface area (Å²) in [6, 6.07) is 14.7. The van der Waals surface area contributed by atoms with Gasteiger partial charge >= 0.3 is 0 Å². The van der Waals surface area contributed by atoms with Crippen LogP contribution in [0.4, 0.5) is 5.69 Å². The van der Waals surface area contributed by atoms with Crippen LogP contribution >= 0.6 is 11.3 Å². The predicted octanol–water partition coefficient (Wildman–Crippen LogP) is 8.97. The lowest BCUT2D eigenvalue weighted by atomic mass is 9.97. The molecule has 5 nitrogen and oxygen atoms in total. The van der Waals surface area contributed by atoms with Crippen molar-refractivity contribution >= 4 is 35.3 Å². The Morgan fingerprint density at radius 1 is 0.974 bits per heavy atom. The minimum atomic E-state index is -0.798. The predicted molar refractivity (Wildman–Crippen MR) is 159 cm³/mol. The van der Waals surface area contributed by atoms with Crippen molar-refractivity contribution in [1.82, 2.24) is 0 Å². The minimum absolute atomic E-state index is 0.0711. The van der Waals surface area contributed by atoms with Crippen LogP contribution in [0.1, 0.15) is 68.7 Å². The monoisotopic (exact) mass is 522 g/mol. The first-order valence-electron chi connectivity index (χ1n) is 13.0. The van der Waals surface area contributed by atoms with Gasteiger partial charge in [0.1, 0.15) is 11.4 Å². The Morgan fingerprint density at radius 3 is 2.11 bits per heavy atom. The minimum Gasteiger partial charge on any atom is -0.505 e. The highest BCUT2D eigenvalue weighted by Gasteiger charge is 2.38. The van der Waals surface area contributed by atoms with Crippen LogP contribution in [-0.4, -0.2) is 18.7 Å². The maximum Gasteiger partial charge on any atom is 0.292 e. The molecule has 2 aromatic rings. The third kappa shape index (κ3) is 7.04. The third-order valence-electron chi connectivity index (χ3n) is 6.34. The molecule has 0 fully saturated rings. The smallest absolute Gasteiger partial charge is 0.292 e. The normalized spacial score (nSPS) is 15.8. The first-order valence-corrected chi connectivity index (χ1v) is 13.8. The Kier molecular flexibility index (Phi) is 10.1. The second-order valence-corrected chi connectivity index (χ2v) is 10.7. The maximum atomic E-state index is 9.25. The summed E-state index contributed by atoms with van der Waals surface area (Å²) >= 11 is 1.65. The SMILES string of the molecule is [C-]#[N+]C1=C(/C=C/c2ccc(/C=C/c3ccc(N(CCCC)CCCC)cc3)s2)C(C)(C)O/C1=C(\C#N)[N+]#[C-]. The van der Waals surface area contributed by atoms with Crippen LogP contribution in [0.3, 0.4) is 0 Å². The second kappa shape index (κ2) is 13.5. The van der Waals surface area contributed by atoms with Crippen molar-refractivity contribution in [2.75, 3.05) is 18.0 Å². The van der Waals surface area contributed by atoms with Crippen molar-refractivity contribution in [3.63, 3.8) is 0 Å². The molecule has 0 saturated heterocycles. The van der Waals surface area contributed by atoms with E-state index in [1.54, 1.807) is 11.3 Å². The van der Waals surface area contributed by atoms with Crippen LogP contribution in [0.25, 0.3) is 27.9 Å². The molecule has 0 atom stereocenters. The maximum absolute atomic E-state index is 9.25. The number of anilines is 1. The van der Waals surface area contributed by atoms with Crippen LogP contribution in [0.5, 0.6) is 0 Å². The number of unbranched alkanes of at least 4 members (excludes halogenated alkanes) is 2. The second-order valence-electron chi connectivity index (χ2n) is 9.58. The van der Waals surface area contributed by atoms with Gasteiger partial charge in [0, 0.05) is 34.1 Å². The number of ether oxygens (including phenoxy) is 1. The van der Waals surface area contributed by atoms with E-state index in [1.165, 1.54) is 31.4 Å². The molecule has 1 aliphatic rings. The van der Waals surface area contributed by atoms with Crippen molar-refractivity contribution in [2.24, 2.45) is 0 Å². The van der Waals surface area contributed by atoms with Gasteiger partial charge in [-0.05, 0) is 68.7 Å². The molecule has 0 N–H and O–H groups in total. The molecule has 38 heavy (non-hydrogen) atoms. The lowest BCUT2D eigenvalue weighted by Gasteiger charge is -2.24. The first kappa shape index (κ1) is 28.5. The zero-order valence-electron chi connectivity index (χ0n) is 22.6. The molecule has 194 valence electrons. The van der Waals surface area contributed by atoms with E-state index in [4.69, 9.17) is 17.9 Å². The summed E-state index contributed by atoms with van der Waals surface area (Å²) in [7, 11) is 0. The molecule has 1 aromatic carbocycles. The summed E-state index contributed by atoms with van der Waals surface area (Å²) in [5.41, 5.74) is 2.34. The number of rotatable bonds is 11. The van der Waals surface area contributed by atoms with Crippen molar-refractivity contribution < 1.29 is 4.74 Å². The number of thiophene rings is 1. The number of hydrogen-bond acceptors (Lipinski definition) is 4. The zero-order valence-corrected chi connectivity index (χ0v) is 23.4. The summed E-state index contributed by atoms with van der Waals surface area (Å²) in [4.78, 5) is 11.5. The van der Waals surface area contributed by atoms with Gasteiger partial charge in [0.25, 0.3) is 5.70 Å². The summed E-state index contributed by atoms with van der Waals surface area (Å²) in [5.74, 6) is 0.0711. The summed E-state index contributed by atoms with van der Waals surface area (Å²) in [6.45, 7) is 25.2. The van der Waals surface area contributed by atoms with Crippen LogP contribution in [-0.2, 0) is 4.74 Å². The Hall–Kier alpha value is -4.05. The standard InChI is InChI=1S/C32H34N4OS/c1-7-9-21-36(22-10-8-2)25-14-11-24(12-15-25)13-16-26-17-18-27(38-26)19-20-28-30(35-6)31(29(23-33)34-5)37-32(28,3)4/h11-20H,7-10,21-22H2,1-4H3/b16-13+,20-19+,31-29+. The highest BCUT2D eigenvalue weighted by molar-refractivity contribution is 7.13. The van der Waals surface area contributed by atoms with Gasteiger partial charge in [0.15, 0.2) is 0 Å². The molecule has 1 aromatic heterocycles. The van der Waals surface area contributed by atoms with E-state index < -0.39 is 5.60 Å². The number of benzene rings is 1. The van der Waals surface area contributed by atoms with Gasteiger partial charge in [-0.25, -0.2) is 15.0 Å². The molecule has 0 saturated carbocycles. The largest absolute Gasteiger partial charge is 0.505 e. The highest BCUT2D eigenvalue weighted by atomic mass is 32.1. The van der Waals surface area contributed by atoms with Crippen LogP contribution < -0.4 is 4.90 Å². The number of nitriles is 1. The van der Waals surface area contributed by atoms with Crippen molar-refractivity contribution in [1.29, 1.82) is 5.26 Å². The number of hydrogen-bond donors (Lipinski definition) is 0. The molecule has 0 bridgehead atoms. The summed E-state index contributed by atoms with van der Waals surface area (Å²) in [6.07, 6.45) is 12.9. The average molecular weight is 523 g/mol. The fourth-order valence-corrected chi connectivity index (χ4v) is 5.02. The molecule has 0 spiro atoms. The summed E-state index contributed by atoms with van der Waals surface area (Å²) in [5, 5.41) is 9.25. The Bertz CT molecular complexity index is 1340. The Morgan fingerprint density at radius 2 is 1.58 bits per heavy atom. The first-order chi connectivity index (χ1) is 18.4. The van der Waals surface area contributed by atoms with E-state index in [9.17, 15) is 5.26 Å². The van der Waals surface area contributed by atoms with Gasteiger partial charge in [-0.1, -0.05) is 51.0 Å². The van der Waals surface area contributed by atoms with Crippen molar-refractivity contribution in [3.05, 3.63) is 103 Å². The molecular formula is C32H34N4OS. The van der Waals surface area contributed by atoms with E-state index in [0.717, 1.165) is 28.4 Å². The fourth-order valence-electron chi connectivity index (χ4n) is 4.20. The molecule has 6 heteroatoms. The van der Waals surface area contributed by atoms with E-state index in [-0.39, 0.29) is 17.2 Å². The van der Waals surface area contributed by atoms with Gasteiger partial charge in [0.05, 0.1) is 19.2 Å². The van der Waals surface area contributed by atoms with Gasteiger partial charge < -0.3 is 9.64 Å². The highest BCUT2D eigenvalue weighted by Crippen LogP contribution is 2.41. The van der Waals surface area contributed by atoms with Crippen LogP contribution in [0.15, 0.2) is 65.2 Å². The van der Waals surface area contributed by atoms with Gasteiger partial charge in [-0.2, -0.15) is 0 Å². The Labute approximate surface area is 231 Å². The quantitative estimate of drug-likeness (QED) is 0.218. The van der Waals surface area contributed by atoms with Crippen molar-refractivity contribution in [2.45, 2.75) is 59.0 Å². The van der Waals surface area contributed by atoms with Crippen molar-refractivity contribution in [3.8, 4) is 6.07 Å². The molecule has 3 rings (SSSR count). The molecule has 0 radical (unpaired) electrons. The average Bonchev–Trinajstić information content (AvgIpc) is 3.48. The fraction of sp³-hybridized carbons (Fsp3) is 0.344. The van der Waals surface area contributed by atoms with E-state index in [1.807, 2.05) is 38.1 Å². The molecule has 2 heterocycles. The van der Waals surface area contributed by atoms with E-state index in [0.29, 0.717) is 5.57 Å². The van der Waals surface area contributed by atoms with Crippen LogP contribution in [0, 0.1) is 24.5 Å². The van der Waals surface area contributed by atoms with Gasteiger partial charge in [-0.15, -0.1) is 11.3 Å². The summed E-state index contributed by atoms with van der Waals surface area (Å²) < 4.78 is 5.85. The lowest BCUT2D eigenvalue weighted by molar-refractivity contribution is 0.0952. The third-order valence-corrected chi connectivity index (χ3v) is 7.36. The van der Waals surface area contributed by atoms with Gasteiger partial charge in [-0.3, -0.25) is 0 Å². The number of nitrogens with zero attached hydrogens (tertiary/aromatic N) is 4. The molecule has 0 unspecified atom stereocenters. The Balaban J connectivity index is 1.74.